The summed E-state index contributed by atoms with van der Waals surface area (Å²) in [7, 11) is 0. The molecule has 2 N–H and O–H groups in total. The first kappa shape index (κ1) is 23.5. The monoisotopic (exact) mass is 488 g/mol. The van der Waals surface area contributed by atoms with Crippen LogP contribution in [-0.2, 0) is 38.9 Å². The van der Waals surface area contributed by atoms with E-state index in [1.54, 1.807) is 4.68 Å². The average molecular weight is 489 g/mol. The lowest BCUT2D eigenvalue weighted by Crippen LogP contribution is -2.31. The molecule has 2 aromatic heterocycles. The van der Waals surface area contributed by atoms with E-state index in [0.29, 0.717) is 55.3 Å². The van der Waals surface area contributed by atoms with Crippen LogP contribution in [0.5, 0.6) is 0 Å². The van der Waals surface area contributed by atoms with E-state index in [1.165, 1.54) is 0 Å². The lowest BCUT2D eigenvalue weighted by Gasteiger charge is -2.24. The Morgan fingerprint density at radius 1 is 1.11 bits per heavy atom. The largest absolute Gasteiger partial charge is 0.393 e. The Hall–Kier alpha value is -3.21. The van der Waals surface area contributed by atoms with E-state index in [-0.39, 0.29) is 25.3 Å². The summed E-state index contributed by atoms with van der Waals surface area (Å²) < 4.78 is 42.7. The molecule has 2 aliphatic heterocycles. The Labute approximate surface area is 200 Å². The van der Waals surface area contributed by atoms with Crippen molar-refractivity contribution in [3.63, 3.8) is 0 Å². The summed E-state index contributed by atoms with van der Waals surface area (Å²) in [5, 5.41) is 17.2. The third kappa shape index (κ3) is 4.69. The molecule has 35 heavy (non-hydrogen) atoms. The number of aryl methyl sites for hydroxylation is 2. The summed E-state index contributed by atoms with van der Waals surface area (Å²) in [5.74, 6) is -0.0826. The molecule has 0 aliphatic carbocycles. The quantitative estimate of drug-likeness (QED) is 0.575. The molecule has 0 fully saturated rings. The van der Waals surface area contributed by atoms with Crippen molar-refractivity contribution >= 4 is 5.91 Å². The molecule has 8 nitrogen and oxygen atoms in total. The third-order valence-corrected chi connectivity index (χ3v) is 6.77. The number of amides is 1. The second-order valence-electron chi connectivity index (χ2n) is 9.16. The summed E-state index contributed by atoms with van der Waals surface area (Å²) in [6.45, 7) is 3.02. The van der Waals surface area contributed by atoms with E-state index >= 15 is 0 Å². The van der Waals surface area contributed by atoms with Crippen molar-refractivity contribution in [2.45, 2.75) is 70.9 Å². The van der Waals surface area contributed by atoms with Crippen LogP contribution in [0.4, 0.5) is 13.2 Å². The molecule has 0 saturated heterocycles. The number of aliphatic hydroxyl groups is 1. The van der Waals surface area contributed by atoms with Gasteiger partial charge in [-0.3, -0.25) is 4.79 Å². The minimum absolute atomic E-state index is 0.0126. The minimum Gasteiger partial charge on any atom is -0.393 e. The van der Waals surface area contributed by atoms with Gasteiger partial charge in [-0.15, -0.1) is 0 Å². The van der Waals surface area contributed by atoms with Gasteiger partial charge in [0.1, 0.15) is 17.3 Å². The number of nitrogens with zero attached hydrogens (tertiary/aromatic N) is 5. The van der Waals surface area contributed by atoms with Crippen molar-refractivity contribution in [1.29, 1.82) is 0 Å². The van der Waals surface area contributed by atoms with E-state index in [1.807, 2.05) is 35.8 Å². The maximum absolute atomic E-state index is 13.1. The van der Waals surface area contributed by atoms with Crippen LogP contribution in [0.3, 0.4) is 0 Å². The van der Waals surface area contributed by atoms with Gasteiger partial charge in [0.15, 0.2) is 5.82 Å². The summed E-state index contributed by atoms with van der Waals surface area (Å²) in [6, 6.07) is 7.31. The Morgan fingerprint density at radius 3 is 2.60 bits per heavy atom. The fourth-order valence-corrected chi connectivity index (χ4v) is 4.79. The van der Waals surface area contributed by atoms with Crippen LogP contribution in [0.15, 0.2) is 24.3 Å². The SMILES string of the molecule is CCc1nc2n(c1C(=O)NCc1ccc(-c3nc4n(n3)CC[C@H](C(F)(F)F)C4)cc1)CC[C@@H](O)C2. The Morgan fingerprint density at radius 2 is 1.89 bits per heavy atom. The number of hydrogen-bond acceptors (Lipinski definition) is 5. The molecule has 186 valence electrons. The third-order valence-electron chi connectivity index (χ3n) is 6.77. The predicted molar refractivity (Wildman–Crippen MR) is 120 cm³/mol. The van der Waals surface area contributed by atoms with E-state index < -0.39 is 18.2 Å². The molecule has 0 bridgehead atoms. The highest BCUT2D eigenvalue weighted by molar-refractivity contribution is 5.94. The molecule has 1 aromatic carbocycles. The van der Waals surface area contributed by atoms with Crippen molar-refractivity contribution in [3.05, 3.63) is 52.9 Å². The van der Waals surface area contributed by atoms with Crippen molar-refractivity contribution < 1.29 is 23.1 Å². The van der Waals surface area contributed by atoms with Gasteiger partial charge in [0, 0.05) is 38.0 Å². The molecule has 4 heterocycles. The molecule has 2 atom stereocenters. The van der Waals surface area contributed by atoms with E-state index in [0.717, 1.165) is 17.1 Å². The van der Waals surface area contributed by atoms with E-state index in [9.17, 15) is 23.1 Å². The van der Waals surface area contributed by atoms with Crippen LogP contribution in [0.2, 0.25) is 0 Å². The van der Waals surface area contributed by atoms with Crippen LogP contribution in [0, 0.1) is 5.92 Å². The Bertz CT molecular complexity index is 1230. The normalized spacial score (nSPS) is 19.8. The summed E-state index contributed by atoms with van der Waals surface area (Å²) in [6.07, 6.45) is -3.13. The van der Waals surface area contributed by atoms with Crippen molar-refractivity contribution in [2.24, 2.45) is 5.92 Å². The lowest BCUT2D eigenvalue weighted by molar-refractivity contribution is -0.179. The fourth-order valence-electron chi connectivity index (χ4n) is 4.79. The number of benzene rings is 1. The van der Waals surface area contributed by atoms with Crippen molar-refractivity contribution in [2.75, 3.05) is 0 Å². The molecule has 0 spiro atoms. The zero-order chi connectivity index (χ0) is 24.7. The van der Waals surface area contributed by atoms with Gasteiger partial charge in [-0.05, 0) is 24.8 Å². The highest BCUT2D eigenvalue weighted by Gasteiger charge is 2.42. The second kappa shape index (κ2) is 9.10. The second-order valence-corrected chi connectivity index (χ2v) is 9.16. The number of carbonyl (C=O) groups excluding carboxylic acids is 1. The van der Waals surface area contributed by atoms with Crippen molar-refractivity contribution in [1.82, 2.24) is 29.6 Å². The Kier molecular flexibility index (Phi) is 6.12. The average Bonchev–Trinajstić information content (AvgIpc) is 3.42. The number of aromatic nitrogens is 5. The number of aliphatic hydroxyl groups excluding tert-OH is 1. The first-order valence-corrected chi connectivity index (χ1v) is 11.9. The zero-order valence-electron chi connectivity index (χ0n) is 19.3. The van der Waals surface area contributed by atoms with Crippen LogP contribution in [0.25, 0.3) is 11.4 Å². The molecule has 0 saturated carbocycles. The summed E-state index contributed by atoms with van der Waals surface area (Å²) in [4.78, 5) is 21.9. The predicted octanol–water partition coefficient (Wildman–Crippen LogP) is 3.07. The summed E-state index contributed by atoms with van der Waals surface area (Å²) in [5.41, 5.74) is 2.86. The standard InChI is InChI=1S/C24H27F3N6O2/c1-2-18-21(32-9-8-17(34)12-19(32)29-18)23(35)28-13-14-3-5-15(6-4-14)22-30-20-11-16(24(25,26)27)7-10-33(20)31-22/h3-6,16-17,34H,2,7-13H2,1H3,(H,28,35)/t16-,17+/m0/s1. The van der Waals surface area contributed by atoms with Gasteiger partial charge in [0.2, 0.25) is 0 Å². The number of hydrogen-bond donors (Lipinski definition) is 2. The molecular weight excluding hydrogens is 461 g/mol. The van der Waals surface area contributed by atoms with Gasteiger partial charge in [-0.25, -0.2) is 14.6 Å². The van der Waals surface area contributed by atoms with Gasteiger partial charge >= 0.3 is 6.18 Å². The Balaban J connectivity index is 1.25. The molecule has 1 amide bonds. The van der Waals surface area contributed by atoms with Gasteiger partial charge in [0.05, 0.1) is 17.7 Å². The molecule has 0 unspecified atom stereocenters. The van der Waals surface area contributed by atoms with Crippen LogP contribution >= 0.6 is 0 Å². The molecule has 2 aliphatic rings. The number of alkyl halides is 3. The number of fused-ring (bicyclic) bond motifs is 2. The van der Waals surface area contributed by atoms with Gasteiger partial charge < -0.3 is 15.0 Å². The number of carbonyl (C=O) groups is 1. The molecular formula is C24H27F3N6O2. The molecule has 3 aromatic rings. The maximum atomic E-state index is 13.1. The molecule has 11 heteroatoms. The lowest BCUT2D eigenvalue weighted by atomic mass is 9.98. The van der Waals surface area contributed by atoms with E-state index in [4.69, 9.17) is 0 Å². The first-order chi connectivity index (χ1) is 16.7. The number of halogens is 3. The highest BCUT2D eigenvalue weighted by Crippen LogP contribution is 2.34. The van der Waals surface area contributed by atoms with Crippen LogP contribution in [0.1, 0.15) is 53.2 Å². The number of rotatable bonds is 5. The molecule has 0 radical (unpaired) electrons. The smallest absolute Gasteiger partial charge is 0.392 e. The van der Waals surface area contributed by atoms with Crippen LogP contribution < -0.4 is 5.32 Å². The highest BCUT2D eigenvalue weighted by atomic mass is 19.4. The zero-order valence-corrected chi connectivity index (χ0v) is 19.3. The fraction of sp³-hybridized carbons (Fsp3) is 0.500. The van der Waals surface area contributed by atoms with Gasteiger partial charge in [-0.2, -0.15) is 18.3 Å². The number of imidazole rings is 1. The maximum Gasteiger partial charge on any atom is 0.392 e. The molecule has 5 rings (SSSR count). The first-order valence-electron chi connectivity index (χ1n) is 11.9. The summed E-state index contributed by atoms with van der Waals surface area (Å²) >= 11 is 0. The van der Waals surface area contributed by atoms with Crippen LogP contribution in [-0.4, -0.2) is 47.6 Å². The van der Waals surface area contributed by atoms with Crippen molar-refractivity contribution in [3.8, 4) is 11.4 Å². The van der Waals surface area contributed by atoms with Gasteiger partial charge in [0.25, 0.3) is 5.91 Å². The van der Waals surface area contributed by atoms with E-state index in [2.05, 4.69) is 20.4 Å². The topological polar surface area (TPSA) is 97.9 Å². The van der Waals surface area contributed by atoms with Gasteiger partial charge in [-0.1, -0.05) is 31.2 Å². The minimum atomic E-state index is -4.22. The number of nitrogens with one attached hydrogen (secondary N) is 1.